The molecule has 0 amide bonds. The second-order valence-corrected chi connectivity index (χ2v) is 8.14. The third-order valence-electron chi connectivity index (χ3n) is 4.22. The highest BCUT2D eigenvalue weighted by molar-refractivity contribution is 7.89. The van der Waals surface area contributed by atoms with Crippen molar-refractivity contribution in [3.8, 4) is 11.3 Å². The lowest BCUT2D eigenvalue weighted by molar-refractivity contribution is 0.578. The van der Waals surface area contributed by atoms with Gasteiger partial charge in [0.15, 0.2) is 0 Å². The molecule has 0 aliphatic carbocycles. The Morgan fingerprint density at radius 2 is 1.65 bits per heavy atom. The molecule has 0 radical (unpaired) electrons. The van der Waals surface area contributed by atoms with E-state index in [0.717, 1.165) is 27.9 Å². The lowest BCUT2D eigenvalue weighted by atomic mass is 10.1. The third kappa shape index (κ3) is 3.68. The van der Waals surface area contributed by atoms with Crippen LogP contribution in [0.15, 0.2) is 47.6 Å². The van der Waals surface area contributed by atoms with E-state index in [1.54, 1.807) is 17.1 Å². The van der Waals surface area contributed by atoms with Gasteiger partial charge in [0.05, 0.1) is 22.8 Å². The minimum atomic E-state index is -3.61. The van der Waals surface area contributed by atoms with Crippen molar-refractivity contribution in [3.63, 3.8) is 0 Å². The summed E-state index contributed by atoms with van der Waals surface area (Å²) in [6.45, 7) is 5.72. The Morgan fingerprint density at radius 1 is 1.04 bits per heavy atom. The summed E-state index contributed by atoms with van der Waals surface area (Å²) in [6.07, 6.45) is 3.43. The fraction of sp³-hybridized carbons (Fsp3) is 0.263. The molecule has 7 heteroatoms. The number of rotatable bonds is 5. The minimum absolute atomic E-state index is 0.133. The van der Waals surface area contributed by atoms with E-state index in [2.05, 4.69) is 14.8 Å². The summed E-state index contributed by atoms with van der Waals surface area (Å²) in [5.41, 5.74) is 5.08. The van der Waals surface area contributed by atoms with E-state index in [9.17, 15) is 8.42 Å². The fourth-order valence-corrected chi connectivity index (χ4v) is 4.69. The number of hydrogen-bond acceptors (Lipinski definition) is 4. The van der Waals surface area contributed by atoms with Gasteiger partial charge in [-0.25, -0.2) is 13.1 Å². The van der Waals surface area contributed by atoms with Crippen LogP contribution in [-0.4, -0.2) is 23.2 Å². The highest BCUT2D eigenvalue weighted by Crippen LogP contribution is 2.22. The molecule has 0 saturated heterocycles. The minimum Gasteiger partial charge on any atom is -0.268 e. The van der Waals surface area contributed by atoms with Crippen LogP contribution in [0.1, 0.15) is 22.4 Å². The summed E-state index contributed by atoms with van der Waals surface area (Å²) >= 11 is 0. The zero-order valence-corrected chi connectivity index (χ0v) is 16.1. The quantitative estimate of drug-likeness (QED) is 0.749. The molecule has 0 atom stereocenters. The van der Waals surface area contributed by atoms with E-state index < -0.39 is 10.0 Å². The van der Waals surface area contributed by atoms with Gasteiger partial charge in [0.2, 0.25) is 10.0 Å². The molecule has 6 nitrogen and oxygen atoms in total. The molecule has 3 rings (SSSR count). The van der Waals surface area contributed by atoms with Crippen LogP contribution in [0.2, 0.25) is 0 Å². The normalized spacial score (nSPS) is 11.7. The monoisotopic (exact) mass is 370 g/mol. The standard InChI is InChI=1S/C19H22N4O2S/c1-13-9-14(2)19(15(3)10-13)26(24,25)21-12-17-11-18(23(4)22-17)16-5-7-20-8-6-16/h5-11,21H,12H2,1-4H3. The highest BCUT2D eigenvalue weighted by Gasteiger charge is 2.20. The maximum Gasteiger partial charge on any atom is 0.241 e. The molecular weight excluding hydrogens is 348 g/mol. The highest BCUT2D eigenvalue weighted by atomic mass is 32.2. The van der Waals surface area contributed by atoms with Gasteiger partial charge in [0, 0.05) is 25.0 Å². The summed E-state index contributed by atoms with van der Waals surface area (Å²) in [5.74, 6) is 0. The molecule has 0 unspecified atom stereocenters. The Hall–Kier alpha value is -2.51. The average molecular weight is 370 g/mol. The number of hydrogen-bond donors (Lipinski definition) is 1. The summed E-state index contributed by atoms with van der Waals surface area (Å²) in [4.78, 5) is 4.35. The largest absolute Gasteiger partial charge is 0.268 e. The lowest BCUT2D eigenvalue weighted by Gasteiger charge is -2.12. The van der Waals surface area contributed by atoms with Crippen molar-refractivity contribution in [1.82, 2.24) is 19.5 Å². The van der Waals surface area contributed by atoms with Gasteiger partial charge in [0.1, 0.15) is 0 Å². The first-order valence-electron chi connectivity index (χ1n) is 8.29. The summed E-state index contributed by atoms with van der Waals surface area (Å²) in [7, 11) is -1.78. The maximum absolute atomic E-state index is 12.8. The fourth-order valence-electron chi connectivity index (χ4n) is 3.24. The van der Waals surface area contributed by atoms with E-state index in [1.165, 1.54) is 0 Å². The van der Waals surface area contributed by atoms with Gasteiger partial charge in [-0.2, -0.15) is 5.10 Å². The SMILES string of the molecule is Cc1cc(C)c(S(=O)(=O)NCc2cc(-c3ccncc3)n(C)n2)c(C)c1. The van der Waals surface area contributed by atoms with Crippen LogP contribution in [0.25, 0.3) is 11.3 Å². The second kappa shape index (κ2) is 7.01. The van der Waals surface area contributed by atoms with Crippen LogP contribution in [0.4, 0.5) is 0 Å². The first-order valence-corrected chi connectivity index (χ1v) is 9.77. The molecule has 0 saturated carbocycles. The summed E-state index contributed by atoms with van der Waals surface area (Å²) in [6, 6.07) is 9.43. The van der Waals surface area contributed by atoms with Crippen molar-refractivity contribution in [2.24, 2.45) is 7.05 Å². The number of benzene rings is 1. The first-order chi connectivity index (χ1) is 12.3. The van der Waals surface area contributed by atoms with Crippen molar-refractivity contribution in [3.05, 3.63) is 65.1 Å². The van der Waals surface area contributed by atoms with Crippen LogP contribution in [0.5, 0.6) is 0 Å². The van der Waals surface area contributed by atoms with Gasteiger partial charge < -0.3 is 0 Å². The predicted octanol–water partition coefficient (Wildman–Crippen LogP) is 2.89. The number of nitrogens with one attached hydrogen (secondary N) is 1. The Kier molecular flexibility index (Phi) is 4.93. The van der Waals surface area contributed by atoms with Gasteiger partial charge in [0.25, 0.3) is 0 Å². The third-order valence-corrected chi connectivity index (χ3v) is 5.93. The van der Waals surface area contributed by atoms with Crippen molar-refractivity contribution in [2.75, 3.05) is 0 Å². The Morgan fingerprint density at radius 3 is 2.27 bits per heavy atom. The molecule has 0 bridgehead atoms. The van der Waals surface area contributed by atoms with Gasteiger partial charge in [-0.3, -0.25) is 9.67 Å². The topological polar surface area (TPSA) is 76.9 Å². The van der Waals surface area contributed by atoms with Gasteiger partial charge in [-0.1, -0.05) is 17.7 Å². The van der Waals surface area contributed by atoms with E-state index >= 15 is 0 Å². The summed E-state index contributed by atoms with van der Waals surface area (Å²) < 4.78 is 29.9. The molecule has 2 heterocycles. The van der Waals surface area contributed by atoms with Crippen LogP contribution >= 0.6 is 0 Å². The van der Waals surface area contributed by atoms with E-state index in [-0.39, 0.29) is 6.54 Å². The smallest absolute Gasteiger partial charge is 0.241 e. The van der Waals surface area contributed by atoms with E-state index in [4.69, 9.17) is 0 Å². The first kappa shape index (κ1) is 18.3. The maximum atomic E-state index is 12.8. The number of aromatic nitrogens is 3. The summed E-state index contributed by atoms with van der Waals surface area (Å²) in [5, 5.41) is 4.41. The van der Waals surface area contributed by atoms with Crippen molar-refractivity contribution in [2.45, 2.75) is 32.2 Å². The molecule has 2 aromatic heterocycles. The number of pyridine rings is 1. The zero-order chi connectivity index (χ0) is 18.9. The number of nitrogens with zero attached hydrogens (tertiary/aromatic N) is 3. The molecule has 0 fully saturated rings. The molecule has 136 valence electrons. The number of sulfonamides is 1. The molecule has 1 aromatic carbocycles. The molecule has 1 N–H and O–H groups in total. The second-order valence-electron chi connectivity index (χ2n) is 6.43. The van der Waals surface area contributed by atoms with Gasteiger partial charge >= 0.3 is 0 Å². The van der Waals surface area contributed by atoms with E-state index in [0.29, 0.717) is 10.6 Å². The average Bonchev–Trinajstić information content (AvgIpc) is 2.93. The van der Waals surface area contributed by atoms with Crippen LogP contribution in [-0.2, 0) is 23.6 Å². The van der Waals surface area contributed by atoms with Crippen molar-refractivity contribution >= 4 is 10.0 Å². The number of aryl methyl sites for hydroxylation is 4. The Balaban J connectivity index is 1.83. The van der Waals surface area contributed by atoms with Crippen molar-refractivity contribution < 1.29 is 8.42 Å². The van der Waals surface area contributed by atoms with E-state index in [1.807, 2.05) is 58.2 Å². The molecule has 0 aliphatic rings. The molecule has 3 aromatic rings. The molecule has 0 spiro atoms. The molecule has 0 aliphatic heterocycles. The van der Waals surface area contributed by atoms with Crippen LogP contribution in [0, 0.1) is 20.8 Å². The Bertz CT molecular complexity index is 1020. The van der Waals surface area contributed by atoms with Gasteiger partial charge in [-0.15, -0.1) is 0 Å². The zero-order valence-electron chi connectivity index (χ0n) is 15.3. The Labute approximate surface area is 154 Å². The van der Waals surface area contributed by atoms with Crippen molar-refractivity contribution in [1.29, 1.82) is 0 Å². The van der Waals surface area contributed by atoms with Crippen LogP contribution < -0.4 is 4.72 Å². The molecular formula is C19H22N4O2S. The molecule has 26 heavy (non-hydrogen) atoms. The lowest BCUT2D eigenvalue weighted by Crippen LogP contribution is -2.25. The van der Waals surface area contributed by atoms with Gasteiger partial charge in [-0.05, 0) is 50.1 Å². The van der Waals surface area contributed by atoms with Crippen LogP contribution in [0.3, 0.4) is 0 Å². The predicted molar refractivity (Wildman–Crippen MR) is 101 cm³/mol.